The van der Waals surface area contributed by atoms with Gasteiger partial charge in [-0.05, 0) is 94.7 Å². The second-order valence-corrected chi connectivity index (χ2v) is 14.5. The highest BCUT2D eigenvalue weighted by Crippen LogP contribution is 2.50. The van der Waals surface area contributed by atoms with Crippen molar-refractivity contribution in [1.29, 1.82) is 0 Å². The SMILES string of the molecule is CCN(CC)C(=O)Nc1ccc(S(=O)(=O)N2C(=O)C(NN3CCN4CCC3CC4)(c3ccccc3Cl)c3cc(Cl)c(C)cc32)cc1. The van der Waals surface area contributed by atoms with Gasteiger partial charge in [-0.25, -0.2) is 28.0 Å². The molecule has 46 heavy (non-hydrogen) atoms. The first kappa shape index (κ1) is 32.7. The molecule has 10 nitrogen and oxygen atoms in total. The number of urea groups is 1. The number of fused-ring (bicyclic) bond motifs is 5. The molecule has 0 radical (unpaired) electrons. The van der Waals surface area contributed by atoms with Gasteiger partial charge < -0.3 is 15.1 Å². The Bertz CT molecular complexity index is 1760. The molecule has 244 valence electrons. The summed E-state index contributed by atoms with van der Waals surface area (Å²) in [6.45, 7) is 9.99. The lowest BCUT2D eigenvalue weighted by Crippen LogP contribution is -2.61. The zero-order valence-corrected chi connectivity index (χ0v) is 28.4. The number of halogens is 2. The number of carbonyl (C=O) groups excluding carboxylic acids is 2. The molecule has 4 aliphatic rings. The second-order valence-electron chi connectivity index (χ2n) is 11.9. The Hall–Kier alpha value is -3.19. The van der Waals surface area contributed by atoms with E-state index in [0.717, 1.165) is 36.8 Å². The lowest BCUT2D eigenvalue weighted by Gasteiger charge is -2.40. The highest BCUT2D eigenvalue weighted by Gasteiger charge is 2.58. The van der Waals surface area contributed by atoms with Crippen molar-refractivity contribution in [2.24, 2.45) is 0 Å². The number of benzene rings is 3. The Labute approximate surface area is 280 Å². The van der Waals surface area contributed by atoms with Gasteiger partial charge in [-0.2, -0.15) is 0 Å². The molecule has 3 aromatic rings. The molecule has 1 unspecified atom stereocenters. The van der Waals surface area contributed by atoms with Crippen LogP contribution in [0.2, 0.25) is 10.0 Å². The molecular formula is C33H38Cl2N6O4S. The normalized spacial score (nSPS) is 22.9. The third-order valence-corrected chi connectivity index (χ3v) is 11.8. The Balaban J connectivity index is 1.47. The van der Waals surface area contributed by atoms with Crippen molar-refractivity contribution in [1.82, 2.24) is 20.2 Å². The highest BCUT2D eigenvalue weighted by atomic mass is 35.5. The van der Waals surface area contributed by atoms with Gasteiger partial charge in [0.15, 0.2) is 5.54 Å². The number of aryl methyl sites for hydroxylation is 1. The largest absolute Gasteiger partial charge is 0.325 e. The van der Waals surface area contributed by atoms with Crippen molar-refractivity contribution >= 4 is 56.5 Å². The summed E-state index contributed by atoms with van der Waals surface area (Å²) >= 11 is 13.6. The highest BCUT2D eigenvalue weighted by molar-refractivity contribution is 7.93. The molecule has 2 N–H and O–H groups in total. The van der Waals surface area contributed by atoms with E-state index in [9.17, 15) is 13.2 Å². The molecule has 3 fully saturated rings. The maximum atomic E-state index is 15.1. The number of hydrogen-bond donors (Lipinski definition) is 2. The fourth-order valence-electron chi connectivity index (χ4n) is 6.72. The molecule has 0 aliphatic carbocycles. The first-order valence-electron chi connectivity index (χ1n) is 15.6. The maximum Gasteiger partial charge on any atom is 0.321 e. The van der Waals surface area contributed by atoms with Gasteiger partial charge in [-0.15, -0.1) is 0 Å². The average molecular weight is 686 g/mol. The van der Waals surface area contributed by atoms with Crippen LogP contribution < -0.4 is 15.0 Å². The van der Waals surface area contributed by atoms with Crippen molar-refractivity contribution in [3.8, 4) is 0 Å². The van der Waals surface area contributed by atoms with Gasteiger partial charge in [-0.1, -0.05) is 41.4 Å². The standard InChI is InChI=1S/C33H38Cl2N6O4S/c1-4-39(5-2)32(43)36-23-10-12-25(13-11-23)46(44,45)41-30-20-22(3)29(35)21-27(30)33(31(41)42,26-8-6-7-9-28(26)34)37-40-19-18-38-16-14-24(40)15-17-38/h6-13,20-21,24,37H,4-5,14-19H2,1-3H3,(H,36,43). The Morgan fingerprint density at radius 3 is 2.26 bits per heavy atom. The molecule has 2 bridgehead atoms. The van der Waals surface area contributed by atoms with Gasteiger partial charge in [0.2, 0.25) is 0 Å². The predicted octanol–water partition coefficient (Wildman–Crippen LogP) is 5.44. The smallest absolute Gasteiger partial charge is 0.321 e. The summed E-state index contributed by atoms with van der Waals surface area (Å²) in [5.74, 6) is -0.699. The van der Waals surface area contributed by atoms with E-state index >= 15 is 4.79 Å². The number of sulfonamides is 1. The van der Waals surface area contributed by atoms with Crippen LogP contribution in [0, 0.1) is 6.92 Å². The number of piperidine rings is 1. The van der Waals surface area contributed by atoms with E-state index in [2.05, 4.69) is 20.7 Å². The van der Waals surface area contributed by atoms with Crippen LogP contribution in [0.4, 0.5) is 16.2 Å². The van der Waals surface area contributed by atoms with Gasteiger partial charge in [0.05, 0.1) is 10.6 Å². The molecule has 7 rings (SSSR count). The molecule has 4 aliphatic heterocycles. The number of amides is 3. The van der Waals surface area contributed by atoms with Gasteiger partial charge >= 0.3 is 6.03 Å². The fourth-order valence-corrected chi connectivity index (χ4v) is 8.62. The summed E-state index contributed by atoms with van der Waals surface area (Å²) in [7, 11) is -4.44. The van der Waals surface area contributed by atoms with Crippen LogP contribution in [0.1, 0.15) is 43.4 Å². The zero-order chi connectivity index (χ0) is 32.8. The summed E-state index contributed by atoms with van der Waals surface area (Å²) < 4.78 is 29.9. The first-order valence-corrected chi connectivity index (χ1v) is 17.8. The van der Waals surface area contributed by atoms with Crippen molar-refractivity contribution in [2.75, 3.05) is 48.9 Å². The summed E-state index contributed by atoms with van der Waals surface area (Å²) in [4.78, 5) is 31.6. The molecule has 0 aromatic heterocycles. The predicted molar refractivity (Wildman–Crippen MR) is 181 cm³/mol. The topological polar surface area (TPSA) is 105 Å². The van der Waals surface area contributed by atoms with E-state index in [1.54, 1.807) is 48.2 Å². The second kappa shape index (κ2) is 12.8. The number of nitrogens with zero attached hydrogens (tertiary/aromatic N) is 4. The summed E-state index contributed by atoms with van der Waals surface area (Å²) in [5, 5.41) is 5.61. The maximum absolute atomic E-state index is 15.1. The molecule has 3 aromatic carbocycles. The monoisotopic (exact) mass is 684 g/mol. The van der Waals surface area contributed by atoms with E-state index in [4.69, 9.17) is 23.2 Å². The van der Waals surface area contributed by atoms with Crippen molar-refractivity contribution in [3.05, 3.63) is 87.4 Å². The van der Waals surface area contributed by atoms with Crippen LogP contribution in [0.15, 0.2) is 65.6 Å². The van der Waals surface area contributed by atoms with Gasteiger partial charge in [0.25, 0.3) is 15.9 Å². The third kappa shape index (κ3) is 5.56. The minimum atomic E-state index is -4.44. The fraction of sp³-hybridized carbons (Fsp3) is 0.394. The van der Waals surface area contributed by atoms with Crippen LogP contribution in [0.3, 0.4) is 0 Å². The molecule has 3 amide bonds. The van der Waals surface area contributed by atoms with Gasteiger partial charge in [-0.3, -0.25) is 4.79 Å². The average Bonchev–Trinajstić information content (AvgIpc) is 3.19. The van der Waals surface area contributed by atoms with Crippen molar-refractivity contribution in [3.63, 3.8) is 0 Å². The Morgan fingerprint density at radius 2 is 1.61 bits per heavy atom. The summed E-state index contributed by atoms with van der Waals surface area (Å²) in [6, 6.07) is 16.0. The molecule has 13 heteroatoms. The zero-order valence-electron chi connectivity index (χ0n) is 26.1. The number of nitrogens with one attached hydrogen (secondary N) is 2. The van der Waals surface area contributed by atoms with E-state index in [1.807, 2.05) is 13.8 Å². The quantitative estimate of drug-likeness (QED) is 0.326. The van der Waals surface area contributed by atoms with Crippen molar-refractivity contribution < 1.29 is 18.0 Å². The molecule has 0 spiro atoms. The van der Waals surface area contributed by atoms with E-state index < -0.39 is 21.5 Å². The van der Waals surface area contributed by atoms with Crippen LogP contribution in [-0.2, 0) is 20.4 Å². The lowest BCUT2D eigenvalue weighted by molar-refractivity contribution is -0.124. The summed E-state index contributed by atoms with van der Waals surface area (Å²) in [6.07, 6.45) is 1.83. The molecule has 3 saturated heterocycles. The van der Waals surface area contributed by atoms with Crippen LogP contribution in [0.5, 0.6) is 0 Å². The van der Waals surface area contributed by atoms with Gasteiger partial charge in [0.1, 0.15) is 0 Å². The number of hydrazine groups is 1. The minimum Gasteiger partial charge on any atom is -0.325 e. The summed E-state index contributed by atoms with van der Waals surface area (Å²) in [5.41, 5.74) is 4.01. The first-order chi connectivity index (χ1) is 22.0. The van der Waals surface area contributed by atoms with Crippen LogP contribution in [0.25, 0.3) is 0 Å². The van der Waals surface area contributed by atoms with E-state index in [1.165, 1.54) is 24.3 Å². The van der Waals surface area contributed by atoms with Crippen LogP contribution in [-0.4, -0.2) is 80.5 Å². The van der Waals surface area contributed by atoms with E-state index in [-0.39, 0.29) is 22.7 Å². The molecule has 1 atom stereocenters. The Kier molecular flexibility index (Phi) is 9.10. The molecular weight excluding hydrogens is 647 g/mol. The minimum absolute atomic E-state index is 0.101. The molecule has 0 saturated carbocycles. The third-order valence-electron chi connectivity index (χ3n) is 9.34. The number of rotatable bonds is 8. The van der Waals surface area contributed by atoms with Crippen LogP contribution >= 0.6 is 23.2 Å². The van der Waals surface area contributed by atoms with Gasteiger partial charge in [0, 0.05) is 59.1 Å². The lowest BCUT2D eigenvalue weighted by atomic mass is 9.84. The molecule has 4 heterocycles. The van der Waals surface area contributed by atoms with Crippen molar-refractivity contribution in [2.45, 2.75) is 50.1 Å². The number of anilines is 2. The van der Waals surface area contributed by atoms with E-state index in [0.29, 0.717) is 52.1 Å². The number of hydrogen-bond acceptors (Lipinski definition) is 7. The Morgan fingerprint density at radius 1 is 0.935 bits per heavy atom. The number of carbonyl (C=O) groups is 2.